The lowest BCUT2D eigenvalue weighted by Gasteiger charge is -2.12. The van der Waals surface area contributed by atoms with Crippen LogP contribution in [-0.4, -0.2) is 20.6 Å². The van der Waals surface area contributed by atoms with Crippen molar-refractivity contribution in [3.63, 3.8) is 0 Å². The van der Waals surface area contributed by atoms with Crippen LogP contribution >= 0.6 is 11.3 Å². The Labute approximate surface area is 127 Å². The van der Waals surface area contributed by atoms with E-state index in [9.17, 15) is 4.79 Å². The number of aryl methyl sites for hydroxylation is 2. The largest absolute Gasteiger partial charge is 0.335 e. The molecule has 1 aliphatic heterocycles. The predicted molar refractivity (Wildman–Crippen MR) is 81.1 cm³/mol. The van der Waals surface area contributed by atoms with Gasteiger partial charge in [0.15, 0.2) is 0 Å². The number of hydrogen-bond acceptors (Lipinski definition) is 4. The van der Waals surface area contributed by atoms with E-state index in [0.717, 1.165) is 29.5 Å². The first-order valence-corrected chi connectivity index (χ1v) is 8.09. The van der Waals surface area contributed by atoms with Crippen LogP contribution in [0.3, 0.4) is 0 Å². The van der Waals surface area contributed by atoms with E-state index < -0.39 is 0 Å². The van der Waals surface area contributed by atoms with Crippen molar-refractivity contribution in [1.82, 2.24) is 25.2 Å². The zero-order valence-corrected chi connectivity index (χ0v) is 12.8. The number of urea groups is 1. The summed E-state index contributed by atoms with van der Waals surface area (Å²) in [5.74, 6) is 1.13. The van der Waals surface area contributed by atoms with Crippen LogP contribution in [-0.2, 0) is 19.5 Å². The summed E-state index contributed by atoms with van der Waals surface area (Å²) < 4.78 is 2.19. The van der Waals surface area contributed by atoms with Crippen LogP contribution < -0.4 is 10.6 Å². The van der Waals surface area contributed by atoms with Crippen molar-refractivity contribution in [2.24, 2.45) is 0 Å². The molecular weight excluding hydrogens is 286 g/mol. The maximum absolute atomic E-state index is 11.9. The summed E-state index contributed by atoms with van der Waals surface area (Å²) in [7, 11) is 0. The summed E-state index contributed by atoms with van der Waals surface area (Å²) in [6.45, 7) is 3.42. The van der Waals surface area contributed by atoms with Crippen molar-refractivity contribution < 1.29 is 4.79 Å². The molecule has 0 radical (unpaired) electrons. The first-order chi connectivity index (χ1) is 10.2. The average molecular weight is 305 g/mol. The van der Waals surface area contributed by atoms with Gasteiger partial charge in [0.25, 0.3) is 0 Å². The van der Waals surface area contributed by atoms with Gasteiger partial charge in [-0.15, -0.1) is 11.3 Å². The Morgan fingerprint density at radius 1 is 1.52 bits per heavy atom. The molecule has 0 bridgehead atoms. The van der Waals surface area contributed by atoms with E-state index >= 15 is 0 Å². The van der Waals surface area contributed by atoms with Crippen molar-refractivity contribution in [2.45, 2.75) is 45.3 Å². The zero-order chi connectivity index (χ0) is 14.7. The highest BCUT2D eigenvalue weighted by Crippen LogP contribution is 2.15. The molecule has 0 aliphatic carbocycles. The fraction of sp³-hybridized carbons (Fsp3) is 0.500. The lowest BCUT2D eigenvalue weighted by atomic mass is 10.2. The van der Waals surface area contributed by atoms with Gasteiger partial charge in [-0.25, -0.2) is 14.8 Å². The molecule has 7 heteroatoms. The van der Waals surface area contributed by atoms with Crippen LogP contribution in [0.1, 0.15) is 42.3 Å². The summed E-state index contributed by atoms with van der Waals surface area (Å²) in [5.41, 5.74) is 0.920. The number of hydrogen-bond donors (Lipinski definition) is 2. The summed E-state index contributed by atoms with van der Waals surface area (Å²) in [6, 6.07) is -0.274. The van der Waals surface area contributed by atoms with E-state index in [1.54, 1.807) is 6.20 Å². The van der Waals surface area contributed by atoms with Crippen molar-refractivity contribution >= 4 is 17.4 Å². The van der Waals surface area contributed by atoms with Crippen LogP contribution in [0.4, 0.5) is 4.79 Å². The van der Waals surface area contributed by atoms with Crippen LogP contribution in [0.2, 0.25) is 0 Å². The maximum Gasteiger partial charge on any atom is 0.315 e. The van der Waals surface area contributed by atoms with Crippen molar-refractivity contribution in [1.29, 1.82) is 0 Å². The van der Waals surface area contributed by atoms with Crippen molar-refractivity contribution in [3.05, 3.63) is 34.3 Å². The van der Waals surface area contributed by atoms with Gasteiger partial charge in [-0.3, -0.25) is 0 Å². The smallest absolute Gasteiger partial charge is 0.315 e. The quantitative estimate of drug-likeness (QED) is 0.910. The van der Waals surface area contributed by atoms with Crippen LogP contribution in [0.25, 0.3) is 0 Å². The number of rotatable bonds is 4. The molecule has 2 aromatic rings. The normalized spacial score (nSPS) is 15.3. The molecule has 0 saturated carbocycles. The fourth-order valence-electron chi connectivity index (χ4n) is 2.49. The van der Waals surface area contributed by atoms with E-state index in [-0.39, 0.29) is 12.1 Å². The van der Waals surface area contributed by atoms with Crippen LogP contribution in [0.5, 0.6) is 0 Å². The third kappa shape index (κ3) is 3.41. The third-order valence-electron chi connectivity index (χ3n) is 3.56. The summed E-state index contributed by atoms with van der Waals surface area (Å²) in [4.78, 5) is 20.6. The monoisotopic (exact) mass is 305 g/mol. The molecule has 21 heavy (non-hydrogen) atoms. The van der Waals surface area contributed by atoms with Crippen molar-refractivity contribution in [3.8, 4) is 0 Å². The molecule has 1 atom stereocenters. The standard InChI is InChI=1S/C14H19N5OS/c1-10(13-15-5-7-21-13)17-14(20)16-8-11-9-19-6-3-2-4-12(19)18-11/h5,7,9-10H,2-4,6,8H2,1H3,(H2,16,17,20). The van der Waals surface area contributed by atoms with E-state index in [4.69, 9.17) is 0 Å². The molecule has 6 nitrogen and oxygen atoms in total. The number of carbonyl (C=O) groups excluding carboxylic acids is 1. The molecule has 0 saturated heterocycles. The summed E-state index contributed by atoms with van der Waals surface area (Å²) in [6.07, 6.45) is 7.23. The Kier molecular flexibility index (Phi) is 4.19. The SMILES string of the molecule is CC(NC(=O)NCc1cn2c(n1)CCCC2)c1nccs1. The first-order valence-electron chi connectivity index (χ1n) is 7.21. The van der Waals surface area contributed by atoms with Crippen LogP contribution in [0.15, 0.2) is 17.8 Å². The Morgan fingerprint density at radius 2 is 2.43 bits per heavy atom. The van der Waals surface area contributed by atoms with E-state index in [2.05, 4.69) is 25.2 Å². The fourth-order valence-corrected chi connectivity index (χ4v) is 3.13. The zero-order valence-electron chi connectivity index (χ0n) is 12.0. The highest BCUT2D eigenvalue weighted by molar-refractivity contribution is 7.09. The lowest BCUT2D eigenvalue weighted by Crippen LogP contribution is -2.36. The molecule has 1 aliphatic rings. The molecule has 2 aromatic heterocycles. The van der Waals surface area contributed by atoms with Gasteiger partial charge >= 0.3 is 6.03 Å². The van der Waals surface area contributed by atoms with Gasteiger partial charge in [-0.2, -0.15) is 0 Å². The Hall–Kier alpha value is -1.89. The van der Waals surface area contributed by atoms with Crippen molar-refractivity contribution in [2.75, 3.05) is 0 Å². The predicted octanol–water partition coefficient (Wildman–Crippen LogP) is 2.24. The molecule has 2 N–H and O–H groups in total. The minimum atomic E-state index is -0.191. The average Bonchev–Trinajstić information content (AvgIpc) is 3.14. The number of nitrogens with one attached hydrogen (secondary N) is 2. The summed E-state index contributed by atoms with van der Waals surface area (Å²) in [5, 5.41) is 8.54. The number of nitrogens with zero attached hydrogens (tertiary/aromatic N) is 3. The Balaban J connectivity index is 1.50. The van der Waals surface area contributed by atoms with Crippen LogP contribution in [0, 0.1) is 0 Å². The number of aromatic nitrogens is 3. The highest BCUT2D eigenvalue weighted by Gasteiger charge is 2.14. The minimum absolute atomic E-state index is 0.0831. The molecule has 0 spiro atoms. The Morgan fingerprint density at radius 3 is 3.19 bits per heavy atom. The molecule has 0 fully saturated rings. The van der Waals surface area contributed by atoms with Gasteiger partial charge in [0.2, 0.25) is 0 Å². The van der Waals surface area contributed by atoms with Gasteiger partial charge in [0, 0.05) is 30.7 Å². The van der Waals surface area contributed by atoms with Gasteiger partial charge in [0.1, 0.15) is 10.8 Å². The highest BCUT2D eigenvalue weighted by atomic mass is 32.1. The van der Waals surface area contributed by atoms with Gasteiger partial charge in [-0.1, -0.05) is 0 Å². The number of thiazole rings is 1. The second-order valence-electron chi connectivity index (χ2n) is 5.22. The van der Waals surface area contributed by atoms with E-state index in [1.807, 2.05) is 18.5 Å². The van der Waals surface area contributed by atoms with E-state index in [1.165, 1.54) is 24.2 Å². The summed E-state index contributed by atoms with van der Waals surface area (Å²) >= 11 is 1.54. The number of imidazole rings is 1. The van der Waals surface area contributed by atoms with Gasteiger partial charge in [0.05, 0.1) is 18.3 Å². The third-order valence-corrected chi connectivity index (χ3v) is 4.52. The Bertz CT molecular complexity index is 583. The maximum atomic E-state index is 11.9. The van der Waals surface area contributed by atoms with Gasteiger partial charge in [-0.05, 0) is 19.8 Å². The first kappa shape index (κ1) is 14.1. The number of amides is 2. The molecule has 112 valence electrons. The minimum Gasteiger partial charge on any atom is -0.335 e. The number of carbonyl (C=O) groups is 1. The molecule has 2 amide bonds. The molecular formula is C14H19N5OS. The molecule has 1 unspecified atom stereocenters. The molecule has 3 rings (SSSR count). The second-order valence-corrected chi connectivity index (χ2v) is 6.14. The molecule has 3 heterocycles. The van der Waals surface area contributed by atoms with Gasteiger partial charge < -0.3 is 15.2 Å². The number of fused-ring (bicyclic) bond motifs is 1. The molecule has 0 aromatic carbocycles. The second kappa shape index (κ2) is 6.26. The van der Waals surface area contributed by atoms with E-state index in [0.29, 0.717) is 6.54 Å². The topological polar surface area (TPSA) is 71.8 Å². The lowest BCUT2D eigenvalue weighted by molar-refractivity contribution is 0.237.